The van der Waals surface area contributed by atoms with Crippen LogP contribution >= 0.6 is 0 Å². The molecule has 92 valence electrons. The van der Waals surface area contributed by atoms with Crippen LogP contribution in [-0.4, -0.2) is 15.3 Å². The van der Waals surface area contributed by atoms with Crippen LogP contribution < -0.4 is 4.74 Å². The van der Waals surface area contributed by atoms with Gasteiger partial charge in [0.2, 0.25) is 0 Å². The summed E-state index contributed by atoms with van der Waals surface area (Å²) in [5.41, 5.74) is 3.73. The van der Waals surface area contributed by atoms with E-state index in [0.717, 1.165) is 33.3 Å². The number of rotatable bonds is 0. The molecule has 0 unspecified atom stereocenters. The molecule has 0 fully saturated rings. The predicted octanol–water partition coefficient (Wildman–Crippen LogP) is 3.30. The molecule has 0 radical (unpaired) electrons. The van der Waals surface area contributed by atoms with Crippen molar-refractivity contribution in [1.82, 2.24) is 10.2 Å². The number of aromatic hydroxyl groups is 1. The summed E-state index contributed by atoms with van der Waals surface area (Å²) in [4.78, 5) is 0. The summed E-state index contributed by atoms with van der Waals surface area (Å²) >= 11 is 0. The highest BCUT2D eigenvalue weighted by Gasteiger charge is 2.21. The van der Waals surface area contributed by atoms with E-state index in [-0.39, 0.29) is 5.75 Å². The molecule has 19 heavy (non-hydrogen) atoms. The molecule has 2 N–H and O–H groups in total. The Morgan fingerprint density at radius 3 is 2.89 bits per heavy atom. The van der Waals surface area contributed by atoms with Crippen molar-refractivity contribution in [3.63, 3.8) is 0 Å². The maximum absolute atomic E-state index is 9.58. The van der Waals surface area contributed by atoms with Crippen LogP contribution in [0.25, 0.3) is 27.8 Å². The lowest BCUT2D eigenvalue weighted by Crippen LogP contribution is -2.03. The van der Waals surface area contributed by atoms with Gasteiger partial charge in [0, 0.05) is 22.6 Å². The molecule has 2 heterocycles. The number of aromatic amines is 1. The lowest BCUT2D eigenvalue weighted by molar-refractivity contribution is 0.472. The molecule has 0 spiro atoms. The smallest absolute Gasteiger partial charge is 0.137 e. The van der Waals surface area contributed by atoms with E-state index < -0.39 is 0 Å². The number of hydrogen-bond acceptors (Lipinski definition) is 3. The molecule has 0 saturated heterocycles. The summed E-state index contributed by atoms with van der Waals surface area (Å²) < 4.78 is 5.74. The number of phenolic OH excluding ortho intramolecular Hbond substituents is 1. The minimum Gasteiger partial charge on any atom is -0.508 e. The van der Waals surface area contributed by atoms with Crippen LogP contribution in [0.1, 0.15) is 5.56 Å². The first-order chi connectivity index (χ1) is 9.22. The Morgan fingerprint density at radius 2 is 2.00 bits per heavy atom. The summed E-state index contributed by atoms with van der Waals surface area (Å²) in [7, 11) is 0. The molecule has 1 aliphatic rings. The summed E-state index contributed by atoms with van der Waals surface area (Å²) in [5.74, 6) is 1.49. The topological polar surface area (TPSA) is 58.1 Å². The number of benzene rings is 2. The molecule has 1 aliphatic heterocycles. The largest absolute Gasteiger partial charge is 0.508 e. The van der Waals surface area contributed by atoms with Crippen LogP contribution in [-0.2, 0) is 0 Å². The zero-order valence-corrected chi connectivity index (χ0v) is 9.97. The van der Waals surface area contributed by atoms with Crippen LogP contribution in [0.5, 0.6) is 11.5 Å². The molecule has 3 aromatic rings. The average Bonchev–Trinajstić information content (AvgIpc) is 2.84. The first kappa shape index (κ1) is 10.2. The molecular formula is C15H10N2O2. The number of aromatic nitrogens is 2. The van der Waals surface area contributed by atoms with Gasteiger partial charge in [-0.3, -0.25) is 5.10 Å². The quantitative estimate of drug-likeness (QED) is 0.643. The van der Waals surface area contributed by atoms with Crippen LogP contribution in [0, 0.1) is 0 Å². The molecule has 0 amide bonds. The fourth-order valence-corrected chi connectivity index (χ4v) is 2.45. The van der Waals surface area contributed by atoms with Gasteiger partial charge in [0.15, 0.2) is 0 Å². The van der Waals surface area contributed by atoms with Gasteiger partial charge in [0.1, 0.15) is 17.3 Å². The van der Waals surface area contributed by atoms with E-state index in [1.54, 1.807) is 18.3 Å². The summed E-state index contributed by atoms with van der Waals surface area (Å²) in [5, 5.41) is 17.5. The second-order valence-electron chi connectivity index (χ2n) is 4.56. The van der Waals surface area contributed by atoms with Gasteiger partial charge < -0.3 is 9.84 Å². The third kappa shape index (κ3) is 1.37. The molecule has 4 rings (SSSR count). The normalized spacial score (nSPS) is 12.9. The van der Waals surface area contributed by atoms with Crippen molar-refractivity contribution in [2.45, 2.75) is 0 Å². The number of nitrogens with one attached hydrogen (secondary N) is 1. The average molecular weight is 250 g/mol. The number of ether oxygens (including phenoxy) is 1. The van der Waals surface area contributed by atoms with Crippen molar-refractivity contribution < 1.29 is 9.84 Å². The van der Waals surface area contributed by atoms with Crippen molar-refractivity contribution in [3.8, 4) is 22.6 Å². The van der Waals surface area contributed by atoms with Crippen molar-refractivity contribution >= 4 is 16.7 Å². The maximum Gasteiger partial charge on any atom is 0.137 e. The van der Waals surface area contributed by atoms with Gasteiger partial charge in [-0.15, -0.1) is 0 Å². The van der Waals surface area contributed by atoms with Crippen LogP contribution in [0.15, 0.2) is 43.1 Å². The Balaban J connectivity index is 2.08. The standard InChI is InChI=1S/C15H10N2O2/c1-8-12-5-10(18)2-3-11(12)13-4-9-7-16-17-14(9)6-15(13)19-8/h2-7,18H,1H2,(H,16,17). The Hall–Kier alpha value is -2.75. The molecule has 0 saturated carbocycles. The maximum atomic E-state index is 9.58. The number of hydrogen-bond donors (Lipinski definition) is 2. The van der Waals surface area contributed by atoms with Gasteiger partial charge >= 0.3 is 0 Å². The van der Waals surface area contributed by atoms with Crippen molar-refractivity contribution in [3.05, 3.63) is 48.7 Å². The lowest BCUT2D eigenvalue weighted by Gasteiger charge is -2.22. The molecular weight excluding hydrogens is 240 g/mol. The van der Waals surface area contributed by atoms with Gasteiger partial charge in [-0.1, -0.05) is 6.58 Å². The van der Waals surface area contributed by atoms with E-state index in [9.17, 15) is 5.11 Å². The first-order valence-electron chi connectivity index (χ1n) is 5.90. The third-order valence-corrected chi connectivity index (χ3v) is 3.37. The Morgan fingerprint density at radius 1 is 1.11 bits per heavy atom. The van der Waals surface area contributed by atoms with E-state index in [1.807, 2.05) is 18.2 Å². The Labute approximate surface area is 109 Å². The number of H-pyrrole nitrogens is 1. The van der Waals surface area contributed by atoms with Crippen LogP contribution in [0.3, 0.4) is 0 Å². The lowest BCUT2D eigenvalue weighted by atomic mass is 9.94. The van der Waals surface area contributed by atoms with Crippen LogP contribution in [0.2, 0.25) is 0 Å². The SMILES string of the molecule is C=C1Oc2cc3[nH]ncc3cc2-c2ccc(O)cc21. The summed E-state index contributed by atoms with van der Waals surface area (Å²) in [6.45, 7) is 3.90. The molecule has 4 nitrogen and oxygen atoms in total. The van der Waals surface area contributed by atoms with Crippen molar-refractivity contribution in [2.75, 3.05) is 0 Å². The highest BCUT2D eigenvalue weighted by atomic mass is 16.5. The second-order valence-corrected chi connectivity index (χ2v) is 4.56. The third-order valence-electron chi connectivity index (χ3n) is 3.37. The minimum absolute atomic E-state index is 0.205. The Bertz CT molecular complexity index is 833. The van der Waals surface area contributed by atoms with E-state index >= 15 is 0 Å². The molecule has 1 aromatic heterocycles. The molecule has 0 aliphatic carbocycles. The van der Waals surface area contributed by atoms with Crippen LogP contribution in [0.4, 0.5) is 0 Å². The number of phenols is 1. The van der Waals surface area contributed by atoms with E-state index in [1.165, 1.54) is 0 Å². The first-order valence-corrected chi connectivity index (χ1v) is 5.90. The number of fused-ring (bicyclic) bond motifs is 4. The highest BCUT2D eigenvalue weighted by Crippen LogP contribution is 2.43. The fraction of sp³-hybridized carbons (Fsp3) is 0. The van der Waals surface area contributed by atoms with Gasteiger partial charge in [0.05, 0.1) is 11.7 Å². The molecule has 0 bridgehead atoms. The Kier molecular flexibility index (Phi) is 1.82. The summed E-state index contributed by atoms with van der Waals surface area (Å²) in [6, 6.07) is 9.15. The zero-order chi connectivity index (χ0) is 13.0. The summed E-state index contributed by atoms with van der Waals surface area (Å²) in [6.07, 6.45) is 1.78. The van der Waals surface area contributed by atoms with Crippen molar-refractivity contribution in [2.24, 2.45) is 0 Å². The van der Waals surface area contributed by atoms with Gasteiger partial charge in [-0.25, -0.2) is 0 Å². The van der Waals surface area contributed by atoms with Gasteiger partial charge in [0.25, 0.3) is 0 Å². The molecule has 0 atom stereocenters. The molecule has 2 aromatic carbocycles. The van der Waals surface area contributed by atoms with Crippen molar-refractivity contribution in [1.29, 1.82) is 0 Å². The monoisotopic (exact) mass is 250 g/mol. The van der Waals surface area contributed by atoms with E-state index in [0.29, 0.717) is 5.76 Å². The van der Waals surface area contributed by atoms with E-state index in [2.05, 4.69) is 16.8 Å². The zero-order valence-electron chi connectivity index (χ0n) is 9.97. The molecule has 4 heteroatoms. The number of nitrogens with zero attached hydrogens (tertiary/aromatic N) is 1. The fourth-order valence-electron chi connectivity index (χ4n) is 2.45. The van der Waals surface area contributed by atoms with Gasteiger partial charge in [-0.2, -0.15) is 5.10 Å². The van der Waals surface area contributed by atoms with Gasteiger partial charge in [-0.05, 0) is 29.8 Å². The predicted molar refractivity (Wildman–Crippen MR) is 72.9 cm³/mol. The van der Waals surface area contributed by atoms with E-state index in [4.69, 9.17) is 4.74 Å². The minimum atomic E-state index is 0.205. The second kappa shape index (κ2) is 3.38. The highest BCUT2D eigenvalue weighted by molar-refractivity contribution is 5.94.